The third-order valence-electron chi connectivity index (χ3n) is 3.41. The molecular weight excluding hydrogens is 272 g/mol. The van der Waals surface area contributed by atoms with E-state index in [1.165, 1.54) is 0 Å². The third-order valence-corrected chi connectivity index (χ3v) is 4.02. The fourth-order valence-electron chi connectivity index (χ4n) is 2.14. The lowest BCUT2D eigenvalue weighted by atomic mass is 9.89. The second-order valence-corrected chi connectivity index (χ2v) is 5.27. The first-order valence-corrected chi connectivity index (χ1v) is 5.92. The molecule has 16 heavy (non-hydrogen) atoms. The van der Waals surface area contributed by atoms with E-state index in [0.29, 0.717) is 22.9 Å². The number of carboxylic acids is 1. The Morgan fingerprint density at radius 1 is 1.44 bits per heavy atom. The number of phenolic OH excluding ortho intramolecular Hbond substituents is 1. The molecule has 0 bridgehead atoms. The van der Waals surface area contributed by atoms with Gasteiger partial charge in [-0.25, -0.2) is 0 Å². The molecule has 0 aromatic heterocycles. The molecule has 86 valence electrons. The predicted molar refractivity (Wildman–Crippen MR) is 63.8 cm³/mol. The number of carbonyl (C=O) groups is 1. The quantitative estimate of drug-likeness (QED) is 0.878. The molecule has 0 spiro atoms. The number of carboxylic acid groups (broad SMARTS) is 1. The van der Waals surface area contributed by atoms with Crippen LogP contribution in [0.4, 0.5) is 0 Å². The van der Waals surface area contributed by atoms with Crippen LogP contribution in [0.3, 0.4) is 0 Å². The molecular formula is C12H13BrO3. The number of rotatable bonds is 2. The van der Waals surface area contributed by atoms with Gasteiger partial charge in [0.1, 0.15) is 5.75 Å². The fourth-order valence-corrected chi connectivity index (χ4v) is 2.68. The van der Waals surface area contributed by atoms with E-state index in [-0.39, 0.29) is 5.75 Å². The maximum atomic E-state index is 11.3. The second kappa shape index (κ2) is 3.48. The van der Waals surface area contributed by atoms with E-state index in [1.54, 1.807) is 0 Å². The maximum absolute atomic E-state index is 11.3. The molecule has 0 radical (unpaired) electrons. The van der Waals surface area contributed by atoms with E-state index in [0.717, 1.165) is 11.1 Å². The van der Waals surface area contributed by atoms with E-state index in [2.05, 4.69) is 15.9 Å². The highest BCUT2D eigenvalue weighted by Crippen LogP contribution is 2.54. The number of hydrogen-bond donors (Lipinski definition) is 2. The van der Waals surface area contributed by atoms with Crippen LogP contribution in [-0.2, 0) is 10.2 Å². The molecule has 2 rings (SSSR count). The van der Waals surface area contributed by atoms with Crippen molar-refractivity contribution in [2.24, 2.45) is 0 Å². The van der Waals surface area contributed by atoms with Crippen LogP contribution in [0, 0.1) is 13.8 Å². The SMILES string of the molecule is Cc1cc(Br)c(O)c(C2(C(=O)O)CC2)c1C. The molecule has 1 aliphatic carbocycles. The van der Waals surface area contributed by atoms with Gasteiger partial charge in [-0.2, -0.15) is 0 Å². The van der Waals surface area contributed by atoms with Crippen LogP contribution in [0.15, 0.2) is 10.5 Å². The zero-order chi connectivity index (χ0) is 12.1. The molecule has 0 atom stereocenters. The maximum Gasteiger partial charge on any atom is 0.314 e. The Kier molecular flexibility index (Phi) is 2.49. The van der Waals surface area contributed by atoms with Crippen LogP contribution in [0.2, 0.25) is 0 Å². The number of halogens is 1. The van der Waals surface area contributed by atoms with Crippen molar-refractivity contribution < 1.29 is 15.0 Å². The molecule has 1 aliphatic rings. The molecule has 2 N–H and O–H groups in total. The summed E-state index contributed by atoms with van der Waals surface area (Å²) >= 11 is 3.26. The Morgan fingerprint density at radius 3 is 2.44 bits per heavy atom. The number of hydrogen-bond acceptors (Lipinski definition) is 2. The van der Waals surface area contributed by atoms with Crippen molar-refractivity contribution in [1.82, 2.24) is 0 Å². The van der Waals surface area contributed by atoms with Gasteiger partial charge in [-0.3, -0.25) is 4.79 Å². The van der Waals surface area contributed by atoms with Crippen LogP contribution in [-0.4, -0.2) is 16.2 Å². The molecule has 1 aromatic carbocycles. The van der Waals surface area contributed by atoms with Crippen LogP contribution < -0.4 is 0 Å². The molecule has 1 saturated carbocycles. The molecule has 1 fully saturated rings. The Morgan fingerprint density at radius 2 is 2.00 bits per heavy atom. The van der Waals surface area contributed by atoms with Crippen LogP contribution in [0.5, 0.6) is 5.75 Å². The summed E-state index contributed by atoms with van der Waals surface area (Å²) in [5, 5.41) is 19.3. The van der Waals surface area contributed by atoms with E-state index in [9.17, 15) is 15.0 Å². The first-order valence-electron chi connectivity index (χ1n) is 5.12. The first kappa shape index (κ1) is 11.5. The van der Waals surface area contributed by atoms with Gasteiger partial charge in [0.2, 0.25) is 0 Å². The summed E-state index contributed by atoms with van der Waals surface area (Å²) in [7, 11) is 0. The van der Waals surface area contributed by atoms with E-state index in [4.69, 9.17) is 0 Å². The van der Waals surface area contributed by atoms with Gasteiger partial charge in [0.25, 0.3) is 0 Å². The zero-order valence-electron chi connectivity index (χ0n) is 9.17. The number of phenols is 1. The normalized spacial score (nSPS) is 17.2. The average Bonchev–Trinajstić information content (AvgIpc) is 2.97. The molecule has 0 amide bonds. The van der Waals surface area contributed by atoms with Crippen molar-refractivity contribution in [2.45, 2.75) is 32.1 Å². The molecule has 4 heteroatoms. The molecule has 0 heterocycles. The predicted octanol–water partition coefficient (Wildman–Crippen LogP) is 2.89. The Balaban J connectivity index is 2.70. The average molecular weight is 285 g/mol. The van der Waals surface area contributed by atoms with Gasteiger partial charge in [0, 0.05) is 5.56 Å². The molecule has 1 aromatic rings. The second-order valence-electron chi connectivity index (χ2n) is 4.41. The Labute approximate surface area is 102 Å². The lowest BCUT2D eigenvalue weighted by molar-refractivity contribution is -0.140. The lowest BCUT2D eigenvalue weighted by Crippen LogP contribution is -2.21. The summed E-state index contributed by atoms with van der Waals surface area (Å²) in [4.78, 5) is 11.3. The molecule has 0 saturated heterocycles. The fraction of sp³-hybridized carbons (Fsp3) is 0.417. The highest BCUT2D eigenvalue weighted by molar-refractivity contribution is 9.10. The Bertz CT molecular complexity index is 449. The molecule has 3 nitrogen and oxygen atoms in total. The van der Waals surface area contributed by atoms with Crippen LogP contribution >= 0.6 is 15.9 Å². The number of aryl methyl sites for hydroxylation is 1. The van der Waals surface area contributed by atoms with Gasteiger partial charge < -0.3 is 10.2 Å². The van der Waals surface area contributed by atoms with Gasteiger partial charge in [-0.1, -0.05) is 0 Å². The zero-order valence-corrected chi connectivity index (χ0v) is 10.8. The highest BCUT2D eigenvalue weighted by atomic mass is 79.9. The number of aliphatic carboxylic acids is 1. The Hall–Kier alpha value is -1.03. The van der Waals surface area contributed by atoms with Gasteiger partial charge >= 0.3 is 5.97 Å². The minimum absolute atomic E-state index is 0.0722. The van der Waals surface area contributed by atoms with Gasteiger partial charge in [0.05, 0.1) is 9.89 Å². The van der Waals surface area contributed by atoms with Crippen molar-refractivity contribution in [3.63, 3.8) is 0 Å². The van der Waals surface area contributed by atoms with E-state index < -0.39 is 11.4 Å². The van der Waals surface area contributed by atoms with E-state index in [1.807, 2.05) is 19.9 Å². The molecule has 0 aliphatic heterocycles. The topological polar surface area (TPSA) is 57.5 Å². The number of benzene rings is 1. The summed E-state index contributed by atoms with van der Waals surface area (Å²) in [5.74, 6) is -0.772. The summed E-state index contributed by atoms with van der Waals surface area (Å²) in [6, 6.07) is 1.81. The van der Waals surface area contributed by atoms with Crippen molar-refractivity contribution in [2.75, 3.05) is 0 Å². The minimum atomic E-state index is -0.858. The summed E-state index contributed by atoms with van der Waals surface area (Å²) in [5.41, 5.74) is 1.59. The van der Waals surface area contributed by atoms with Crippen molar-refractivity contribution in [1.29, 1.82) is 0 Å². The van der Waals surface area contributed by atoms with Crippen LogP contribution in [0.1, 0.15) is 29.5 Å². The lowest BCUT2D eigenvalue weighted by Gasteiger charge is -2.18. The summed E-state index contributed by atoms with van der Waals surface area (Å²) in [6.07, 6.45) is 1.21. The number of aromatic hydroxyl groups is 1. The van der Waals surface area contributed by atoms with Gasteiger partial charge in [-0.05, 0) is 59.8 Å². The highest BCUT2D eigenvalue weighted by Gasteiger charge is 2.54. The van der Waals surface area contributed by atoms with Crippen molar-refractivity contribution >= 4 is 21.9 Å². The monoisotopic (exact) mass is 284 g/mol. The van der Waals surface area contributed by atoms with Crippen LogP contribution in [0.25, 0.3) is 0 Å². The van der Waals surface area contributed by atoms with Gasteiger partial charge in [0.15, 0.2) is 0 Å². The van der Waals surface area contributed by atoms with Crippen molar-refractivity contribution in [3.05, 3.63) is 27.2 Å². The smallest absolute Gasteiger partial charge is 0.314 e. The van der Waals surface area contributed by atoms with Crippen molar-refractivity contribution in [3.8, 4) is 5.75 Å². The van der Waals surface area contributed by atoms with Gasteiger partial charge in [-0.15, -0.1) is 0 Å². The van der Waals surface area contributed by atoms with E-state index >= 15 is 0 Å². The summed E-state index contributed by atoms with van der Waals surface area (Å²) in [6.45, 7) is 3.78. The third kappa shape index (κ3) is 1.44. The summed E-state index contributed by atoms with van der Waals surface area (Å²) < 4.78 is 0.568. The molecule has 0 unspecified atom stereocenters. The largest absolute Gasteiger partial charge is 0.506 e. The first-order chi connectivity index (χ1) is 7.40. The standard InChI is InChI=1S/C12H13BrO3/c1-6-5-8(13)10(14)9(7(6)2)12(3-4-12)11(15)16/h5,14H,3-4H2,1-2H3,(H,15,16). The minimum Gasteiger partial charge on any atom is -0.506 e.